The predicted octanol–water partition coefficient (Wildman–Crippen LogP) is 2.71. The number of ether oxygens (including phenoxy) is 2. The minimum atomic E-state index is 0.190. The number of pyridine rings is 1. The van der Waals surface area contributed by atoms with Crippen LogP contribution in [0.25, 0.3) is 0 Å². The van der Waals surface area contributed by atoms with Crippen LogP contribution in [0.3, 0.4) is 0 Å². The molecule has 4 heterocycles. The first-order valence-corrected chi connectivity index (χ1v) is 9.32. The van der Waals surface area contributed by atoms with Gasteiger partial charge in [0.25, 0.3) is 0 Å². The summed E-state index contributed by atoms with van der Waals surface area (Å²) >= 11 is 0. The molecule has 0 radical (unpaired) electrons. The maximum Gasteiger partial charge on any atom is 0.0893 e. The Labute approximate surface area is 149 Å². The smallest absolute Gasteiger partial charge is 0.0893 e. The van der Waals surface area contributed by atoms with Gasteiger partial charge in [0.15, 0.2) is 0 Å². The average Bonchev–Trinajstić information content (AvgIpc) is 3.01. The summed E-state index contributed by atoms with van der Waals surface area (Å²) in [6.45, 7) is 6.44. The van der Waals surface area contributed by atoms with Crippen LogP contribution in [-0.2, 0) is 29.2 Å². The summed E-state index contributed by atoms with van der Waals surface area (Å²) in [5.41, 5.74) is 2.38. The van der Waals surface area contributed by atoms with Gasteiger partial charge in [-0.3, -0.25) is 9.88 Å². The summed E-state index contributed by atoms with van der Waals surface area (Å²) in [4.78, 5) is 6.94. The molecule has 134 valence electrons. The molecule has 2 aliphatic heterocycles. The fraction of sp³-hybridized carbons (Fsp3) is 0.550. The number of hydrogen-bond donors (Lipinski definition) is 0. The molecular formula is C20H27N3O2. The van der Waals surface area contributed by atoms with Crippen molar-refractivity contribution in [3.8, 4) is 0 Å². The number of nitrogens with zero attached hydrogens (tertiary/aromatic N) is 3. The van der Waals surface area contributed by atoms with Crippen LogP contribution in [-0.4, -0.2) is 46.9 Å². The summed E-state index contributed by atoms with van der Waals surface area (Å²) in [6.07, 6.45) is 6.54. The highest BCUT2D eigenvalue weighted by atomic mass is 16.5. The highest BCUT2D eigenvalue weighted by molar-refractivity contribution is 5.09. The Morgan fingerprint density at radius 3 is 2.88 bits per heavy atom. The van der Waals surface area contributed by atoms with Crippen molar-refractivity contribution >= 4 is 0 Å². The van der Waals surface area contributed by atoms with E-state index in [-0.39, 0.29) is 6.10 Å². The molecule has 0 bridgehead atoms. The van der Waals surface area contributed by atoms with Gasteiger partial charge in [0.1, 0.15) is 0 Å². The Kier molecular flexibility index (Phi) is 5.45. The van der Waals surface area contributed by atoms with E-state index in [0.717, 1.165) is 51.0 Å². The van der Waals surface area contributed by atoms with E-state index in [4.69, 9.17) is 9.47 Å². The second-order valence-corrected chi connectivity index (χ2v) is 7.16. The zero-order valence-electron chi connectivity index (χ0n) is 14.7. The molecule has 1 atom stereocenters. The molecule has 1 saturated heterocycles. The van der Waals surface area contributed by atoms with Crippen LogP contribution in [0.1, 0.15) is 24.2 Å². The summed E-state index contributed by atoms with van der Waals surface area (Å²) in [5.74, 6) is 0.742. The van der Waals surface area contributed by atoms with Crippen molar-refractivity contribution in [1.82, 2.24) is 14.5 Å². The lowest BCUT2D eigenvalue weighted by Gasteiger charge is -2.30. The first-order chi connectivity index (χ1) is 12.4. The van der Waals surface area contributed by atoms with E-state index in [0.29, 0.717) is 6.61 Å². The molecule has 5 heteroatoms. The van der Waals surface area contributed by atoms with E-state index in [1.165, 1.54) is 18.5 Å². The average molecular weight is 341 g/mol. The number of aromatic nitrogens is 2. The van der Waals surface area contributed by atoms with E-state index in [2.05, 4.69) is 32.8 Å². The molecule has 0 unspecified atom stereocenters. The van der Waals surface area contributed by atoms with Crippen molar-refractivity contribution in [2.45, 2.75) is 38.6 Å². The van der Waals surface area contributed by atoms with Crippen LogP contribution < -0.4 is 0 Å². The summed E-state index contributed by atoms with van der Waals surface area (Å²) in [5, 5.41) is 0. The zero-order chi connectivity index (χ0) is 16.9. The van der Waals surface area contributed by atoms with Crippen LogP contribution in [0.5, 0.6) is 0 Å². The first-order valence-electron chi connectivity index (χ1n) is 9.32. The normalized spacial score (nSPS) is 22.5. The zero-order valence-corrected chi connectivity index (χ0v) is 14.7. The molecule has 5 nitrogen and oxygen atoms in total. The van der Waals surface area contributed by atoms with Gasteiger partial charge >= 0.3 is 0 Å². The number of fused-ring (bicyclic) bond motifs is 1. The molecular weight excluding hydrogens is 314 g/mol. The Hall–Kier alpha value is -1.69. The second-order valence-electron chi connectivity index (χ2n) is 7.16. The molecule has 1 fully saturated rings. The van der Waals surface area contributed by atoms with Crippen LogP contribution in [0.2, 0.25) is 0 Å². The van der Waals surface area contributed by atoms with Crippen molar-refractivity contribution in [2.75, 3.05) is 26.3 Å². The highest BCUT2D eigenvalue weighted by Crippen LogP contribution is 2.21. The summed E-state index contributed by atoms with van der Waals surface area (Å²) < 4.78 is 14.1. The van der Waals surface area contributed by atoms with E-state index in [9.17, 15) is 0 Å². The van der Waals surface area contributed by atoms with Crippen LogP contribution >= 0.6 is 0 Å². The van der Waals surface area contributed by atoms with E-state index in [1.54, 1.807) is 0 Å². The van der Waals surface area contributed by atoms with Gasteiger partial charge in [-0.2, -0.15) is 0 Å². The monoisotopic (exact) mass is 341 g/mol. The molecule has 2 aromatic heterocycles. The van der Waals surface area contributed by atoms with Gasteiger partial charge in [-0.05, 0) is 43.0 Å². The molecule has 0 saturated carbocycles. The van der Waals surface area contributed by atoms with Crippen molar-refractivity contribution < 1.29 is 9.47 Å². The Morgan fingerprint density at radius 1 is 1.12 bits per heavy atom. The molecule has 0 amide bonds. The highest BCUT2D eigenvalue weighted by Gasteiger charge is 2.25. The van der Waals surface area contributed by atoms with Gasteiger partial charge in [0.2, 0.25) is 0 Å². The maximum atomic E-state index is 6.24. The third-order valence-electron chi connectivity index (χ3n) is 5.22. The fourth-order valence-electron chi connectivity index (χ4n) is 3.86. The van der Waals surface area contributed by atoms with Crippen molar-refractivity contribution in [3.63, 3.8) is 0 Å². The van der Waals surface area contributed by atoms with Crippen LogP contribution in [0.4, 0.5) is 0 Å². The lowest BCUT2D eigenvalue weighted by atomic mass is 9.99. The van der Waals surface area contributed by atoms with E-state index < -0.39 is 0 Å². The second kappa shape index (κ2) is 8.13. The maximum absolute atomic E-state index is 6.24. The Bertz CT molecular complexity index is 652. The van der Waals surface area contributed by atoms with Gasteiger partial charge < -0.3 is 14.0 Å². The largest absolute Gasteiger partial charge is 0.381 e. The van der Waals surface area contributed by atoms with Crippen molar-refractivity contribution in [2.24, 2.45) is 5.92 Å². The standard InChI is InChI=1S/C20H27N3O2/c1-2-8-21-18(4-1)16-25-20-14-22(12-17-6-10-24-11-7-17)13-19-5-3-9-23(19)15-20/h1-5,8-9,17,20H,6-7,10-16H2/t20-/m0/s1. The Morgan fingerprint density at radius 2 is 2.04 bits per heavy atom. The Balaban J connectivity index is 1.41. The quantitative estimate of drug-likeness (QED) is 0.838. The lowest BCUT2D eigenvalue weighted by Crippen LogP contribution is -2.37. The number of hydrogen-bond acceptors (Lipinski definition) is 4. The molecule has 0 aliphatic carbocycles. The molecule has 0 N–H and O–H groups in total. The van der Waals surface area contributed by atoms with Crippen molar-refractivity contribution in [1.29, 1.82) is 0 Å². The van der Waals surface area contributed by atoms with Gasteiger partial charge in [-0.25, -0.2) is 0 Å². The SMILES string of the molecule is c1ccc(CO[C@H]2CN(CC3CCOCC3)Cc3cccn3C2)nc1. The predicted molar refractivity (Wildman–Crippen MR) is 96.1 cm³/mol. The third-order valence-corrected chi connectivity index (χ3v) is 5.22. The lowest BCUT2D eigenvalue weighted by molar-refractivity contribution is -0.000936. The van der Waals surface area contributed by atoms with Gasteiger partial charge in [-0.15, -0.1) is 0 Å². The molecule has 0 spiro atoms. The molecule has 4 rings (SSSR count). The van der Waals surface area contributed by atoms with Gasteiger partial charge in [0, 0.05) is 57.5 Å². The first kappa shape index (κ1) is 16.8. The molecule has 2 aliphatic rings. The summed E-state index contributed by atoms with van der Waals surface area (Å²) in [7, 11) is 0. The summed E-state index contributed by atoms with van der Waals surface area (Å²) in [6, 6.07) is 10.4. The topological polar surface area (TPSA) is 39.5 Å². The minimum Gasteiger partial charge on any atom is -0.381 e. The van der Waals surface area contributed by atoms with Crippen LogP contribution in [0.15, 0.2) is 42.7 Å². The molecule has 0 aromatic carbocycles. The fourth-order valence-corrected chi connectivity index (χ4v) is 3.86. The molecule has 25 heavy (non-hydrogen) atoms. The molecule has 2 aromatic rings. The van der Waals surface area contributed by atoms with Gasteiger partial charge in [0.05, 0.1) is 18.4 Å². The number of rotatable bonds is 5. The van der Waals surface area contributed by atoms with Crippen LogP contribution in [0, 0.1) is 5.92 Å². The minimum absolute atomic E-state index is 0.190. The van der Waals surface area contributed by atoms with E-state index in [1.807, 2.05) is 24.4 Å². The van der Waals surface area contributed by atoms with Gasteiger partial charge in [-0.1, -0.05) is 6.07 Å². The third kappa shape index (κ3) is 4.48. The van der Waals surface area contributed by atoms with Crippen molar-refractivity contribution in [3.05, 3.63) is 54.1 Å². The van der Waals surface area contributed by atoms with E-state index >= 15 is 0 Å².